The molecule has 1 N–H and O–H groups in total. The maximum atomic E-state index is 13.9. The summed E-state index contributed by atoms with van der Waals surface area (Å²) in [5.74, 6) is 0.987. The first-order valence-electron chi connectivity index (χ1n) is 12.0. The monoisotopic (exact) mass is 414 g/mol. The molecule has 2 unspecified atom stereocenters. The van der Waals surface area contributed by atoms with Crippen molar-refractivity contribution >= 4 is 11.6 Å². The van der Waals surface area contributed by atoms with Crippen molar-refractivity contribution in [2.75, 3.05) is 6.61 Å². The number of ketones is 2. The Bertz CT molecular complexity index is 776. The zero-order valence-corrected chi connectivity index (χ0v) is 18.0. The molecule has 3 aliphatic carbocycles. The lowest BCUT2D eigenvalue weighted by Crippen LogP contribution is -2.48. The second-order valence-corrected chi connectivity index (χ2v) is 9.94. The summed E-state index contributed by atoms with van der Waals surface area (Å²) in [7, 11) is 0. The van der Waals surface area contributed by atoms with Crippen molar-refractivity contribution in [1.82, 2.24) is 0 Å². The number of aliphatic hydroxyl groups is 1. The van der Waals surface area contributed by atoms with Gasteiger partial charge < -0.3 is 5.11 Å². The molecule has 4 rings (SSSR count). The number of aliphatic hydroxyl groups excluding tert-OH is 1. The first kappa shape index (κ1) is 21.7. The first-order valence-corrected chi connectivity index (χ1v) is 12.0. The number of Topliss-reactive ketones (excluding diaryl/α,β-unsaturated/α-hetero) is 2. The minimum absolute atomic E-state index is 0.000429. The van der Waals surface area contributed by atoms with Crippen molar-refractivity contribution in [3.63, 3.8) is 0 Å². The van der Waals surface area contributed by atoms with Crippen LogP contribution in [0.1, 0.15) is 94.1 Å². The number of halogens is 1. The van der Waals surface area contributed by atoms with Crippen LogP contribution < -0.4 is 0 Å². The van der Waals surface area contributed by atoms with Crippen LogP contribution in [0.4, 0.5) is 4.39 Å². The number of carbonyl (C=O) groups excluding carboxylic acids is 2. The highest BCUT2D eigenvalue weighted by atomic mass is 19.1. The molecular weight excluding hydrogens is 379 g/mol. The molecule has 3 aliphatic rings. The molecule has 0 aromatic heterocycles. The van der Waals surface area contributed by atoms with Crippen LogP contribution in [0, 0.1) is 23.1 Å². The Kier molecular flexibility index (Phi) is 6.72. The molecule has 0 spiro atoms. The van der Waals surface area contributed by atoms with E-state index in [1.807, 2.05) is 6.07 Å². The van der Waals surface area contributed by atoms with Gasteiger partial charge in [0.15, 0.2) is 0 Å². The lowest BCUT2D eigenvalue weighted by Gasteiger charge is -2.40. The van der Waals surface area contributed by atoms with Gasteiger partial charge in [-0.3, -0.25) is 9.59 Å². The van der Waals surface area contributed by atoms with Gasteiger partial charge in [-0.25, -0.2) is 4.39 Å². The number of carbonyl (C=O) groups is 2. The maximum absolute atomic E-state index is 13.9. The summed E-state index contributed by atoms with van der Waals surface area (Å²) in [4.78, 5) is 25.7. The van der Waals surface area contributed by atoms with Crippen LogP contribution in [0.2, 0.25) is 0 Å². The Labute approximate surface area is 179 Å². The lowest BCUT2D eigenvalue weighted by atomic mass is 9.60. The largest absolute Gasteiger partial charge is 0.396 e. The fourth-order valence-electron chi connectivity index (χ4n) is 6.27. The first-order chi connectivity index (χ1) is 14.5. The lowest BCUT2D eigenvalue weighted by molar-refractivity contribution is -0.149. The van der Waals surface area contributed by atoms with Crippen LogP contribution in [0.5, 0.6) is 0 Å². The second kappa shape index (κ2) is 9.30. The molecule has 0 heterocycles. The van der Waals surface area contributed by atoms with Crippen LogP contribution in [-0.2, 0) is 16.0 Å². The molecule has 3 saturated carbocycles. The highest BCUT2D eigenvalue weighted by Crippen LogP contribution is 2.48. The molecule has 164 valence electrons. The zero-order valence-electron chi connectivity index (χ0n) is 18.0. The summed E-state index contributed by atoms with van der Waals surface area (Å²) in [5.41, 5.74) is 1.71. The van der Waals surface area contributed by atoms with E-state index >= 15 is 0 Å². The van der Waals surface area contributed by atoms with Crippen molar-refractivity contribution in [2.24, 2.45) is 17.3 Å². The molecule has 1 aromatic carbocycles. The van der Waals surface area contributed by atoms with Crippen molar-refractivity contribution in [2.45, 2.75) is 89.4 Å². The number of benzene rings is 1. The Morgan fingerprint density at radius 2 is 1.83 bits per heavy atom. The topological polar surface area (TPSA) is 54.4 Å². The maximum Gasteiger partial charge on any atom is 0.149 e. The van der Waals surface area contributed by atoms with Gasteiger partial charge in [-0.2, -0.15) is 0 Å². The smallest absolute Gasteiger partial charge is 0.149 e. The summed E-state index contributed by atoms with van der Waals surface area (Å²) >= 11 is 0. The molecule has 4 heteroatoms. The van der Waals surface area contributed by atoms with E-state index in [-0.39, 0.29) is 36.3 Å². The molecule has 1 aromatic rings. The number of aryl methyl sites for hydroxylation is 1. The van der Waals surface area contributed by atoms with E-state index in [4.69, 9.17) is 5.11 Å². The molecule has 0 bridgehead atoms. The van der Waals surface area contributed by atoms with E-state index in [9.17, 15) is 14.0 Å². The Morgan fingerprint density at radius 1 is 1.07 bits per heavy atom. The molecule has 2 atom stereocenters. The standard InChI is InChI=1S/C26H35FO3/c27-22-11-10-20(23(17-22)19-4-1-2-5-19)8-6-18-7-9-21(16-18)25(30)26(13-3-14-26)24(29)12-15-28/h10-11,17-19,21,28H,1-9,12-16H2. The fraction of sp³-hybridized carbons (Fsp3) is 0.692. The Balaban J connectivity index is 1.36. The molecular formula is C26H35FO3. The average Bonchev–Trinajstić information content (AvgIpc) is 3.38. The van der Waals surface area contributed by atoms with Gasteiger partial charge in [0.05, 0.1) is 5.41 Å². The van der Waals surface area contributed by atoms with Crippen molar-refractivity contribution < 1.29 is 19.1 Å². The molecule has 0 saturated heterocycles. The molecule has 30 heavy (non-hydrogen) atoms. The average molecular weight is 415 g/mol. The van der Waals surface area contributed by atoms with Gasteiger partial charge in [-0.1, -0.05) is 25.3 Å². The molecule has 3 fully saturated rings. The Morgan fingerprint density at radius 3 is 2.50 bits per heavy atom. The van der Waals surface area contributed by atoms with Gasteiger partial charge in [0.1, 0.15) is 17.4 Å². The summed E-state index contributed by atoms with van der Waals surface area (Å²) in [6.45, 7) is -0.165. The van der Waals surface area contributed by atoms with Crippen molar-refractivity contribution in [1.29, 1.82) is 0 Å². The summed E-state index contributed by atoms with van der Waals surface area (Å²) < 4.78 is 13.9. The normalized spacial score (nSPS) is 25.9. The summed E-state index contributed by atoms with van der Waals surface area (Å²) in [6, 6.07) is 5.30. The number of rotatable bonds is 9. The highest BCUT2D eigenvalue weighted by molar-refractivity contribution is 6.08. The molecule has 0 radical (unpaired) electrons. The summed E-state index contributed by atoms with van der Waals surface area (Å²) in [5, 5.41) is 9.15. The SMILES string of the molecule is O=C(CCO)C1(C(=O)C2CCC(CCc3ccc(F)cc3C3CCCC3)C2)CCC1. The second-order valence-electron chi connectivity index (χ2n) is 9.94. The zero-order chi connectivity index (χ0) is 21.1. The van der Waals surface area contributed by atoms with Crippen LogP contribution in [0.3, 0.4) is 0 Å². The van der Waals surface area contributed by atoms with Gasteiger partial charge in [0.2, 0.25) is 0 Å². The van der Waals surface area contributed by atoms with Crippen LogP contribution in [-0.4, -0.2) is 23.3 Å². The Hall–Kier alpha value is -1.55. The third kappa shape index (κ3) is 4.26. The van der Waals surface area contributed by atoms with E-state index in [0.29, 0.717) is 24.7 Å². The highest BCUT2D eigenvalue weighted by Gasteiger charge is 2.52. The van der Waals surface area contributed by atoms with Gasteiger partial charge in [-0.05, 0) is 92.9 Å². The minimum Gasteiger partial charge on any atom is -0.396 e. The van der Waals surface area contributed by atoms with Gasteiger partial charge >= 0.3 is 0 Å². The van der Waals surface area contributed by atoms with Gasteiger partial charge in [-0.15, -0.1) is 0 Å². The molecule has 0 aliphatic heterocycles. The molecule has 0 amide bonds. The van der Waals surface area contributed by atoms with Gasteiger partial charge in [0.25, 0.3) is 0 Å². The minimum atomic E-state index is -0.783. The van der Waals surface area contributed by atoms with E-state index in [1.165, 1.54) is 36.8 Å². The van der Waals surface area contributed by atoms with Crippen LogP contribution >= 0.6 is 0 Å². The third-order valence-electron chi connectivity index (χ3n) is 8.19. The predicted octanol–water partition coefficient (Wildman–Crippen LogP) is 5.52. The quantitative estimate of drug-likeness (QED) is 0.541. The van der Waals surface area contributed by atoms with Crippen LogP contribution in [0.25, 0.3) is 0 Å². The third-order valence-corrected chi connectivity index (χ3v) is 8.19. The predicted molar refractivity (Wildman–Crippen MR) is 115 cm³/mol. The van der Waals surface area contributed by atoms with Crippen LogP contribution in [0.15, 0.2) is 18.2 Å². The van der Waals surface area contributed by atoms with E-state index in [0.717, 1.165) is 38.5 Å². The van der Waals surface area contributed by atoms with E-state index < -0.39 is 5.41 Å². The van der Waals surface area contributed by atoms with E-state index in [1.54, 1.807) is 12.1 Å². The van der Waals surface area contributed by atoms with Crippen molar-refractivity contribution in [3.8, 4) is 0 Å². The van der Waals surface area contributed by atoms with Crippen molar-refractivity contribution in [3.05, 3.63) is 35.1 Å². The van der Waals surface area contributed by atoms with E-state index in [2.05, 4.69) is 0 Å². The number of hydrogen-bond donors (Lipinski definition) is 1. The van der Waals surface area contributed by atoms with Gasteiger partial charge in [0, 0.05) is 18.9 Å². The molecule has 3 nitrogen and oxygen atoms in total. The summed E-state index contributed by atoms with van der Waals surface area (Å²) in [6.07, 6.45) is 12.0. The number of hydrogen-bond acceptors (Lipinski definition) is 3. The fourth-order valence-corrected chi connectivity index (χ4v) is 6.27.